The molecule has 3 rings (SSSR count). The molecule has 0 aliphatic rings. The monoisotopic (exact) mass is 479 g/mol. The van der Waals surface area contributed by atoms with Gasteiger partial charge in [-0.3, -0.25) is 4.98 Å². The van der Waals surface area contributed by atoms with Crippen LogP contribution in [0.25, 0.3) is 16.6 Å². The van der Waals surface area contributed by atoms with Gasteiger partial charge in [-0.2, -0.15) is 0 Å². The topological polar surface area (TPSA) is 70.6 Å². The van der Waals surface area contributed by atoms with E-state index in [4.69, 9.17) is 21.3 Å². The zero-order chi connectivity index (χ0) is 24.8. The number of nitrogens with one attached hydrogen (secondary N) is 1. The van der Waals surface area contributed by atoms with Crippen molar-refractivity contribution in [1.82, 2.24) is 25.1 Å². The van der Waals surface area contributed by atoms with Crippen molar-refractivity contribution in [2.45, 2.75) is 20.1 Å². The molecule has 3 aromatic rings. The predicted molar refractivity (Wildman–Crippen MR) is 138 cm³/mol. The first kappa shape index (κ1) is 25.1. The number of aromatic nitrogens is 2. The summed E-state index contributed by atoms with van der Waals surface area (Å²) in [4.78, 5) is 24.4. The SMILES string of the molecule is C=C/C=C(/c1cc(C)nc2c(OCc3c(Cl)cncc3CNC(=O)N(C)C)cccc12)N(C)C. The standard InChI is InChI=1S/C26H30ClN5O2/c1-7-9-23(31(3)4)20-12-17(2)30-25-19(20)10-8-11-24(25)34-16-21-18(13-28-15-22(21)27)14-29-26(33)32(5)6/h7-13,15H,1,14,16H2,2-6H3,(H,29,33)/b23-9-. The van der Waals surface area contributed by atoms with Gasteiger partial charge in [-0.1, -0.05) is 36.4 Å². The van der Waals surface area contributed by atoms with Gasteiger partial charge in [0.2, 0.25) is 0 Å². The van der Waals surface area contributed by atoms with Crippen molar-refractivity contribution >= 4 is 34.2 Å². The van der Waals surface area contributed by atoms with Gasteiger partial charge in [-0.15, -0.1) is 0 Å². The van der Waals surface area contributed by atoms with Crippen LogP contribution in [-0.4, -0.2) is 54.0 Å². The van der Waals surface area contributed by atoms with Crippen molar-refractivity contribution in [2.75, 3.05) is 28.2 Å². The molecule has 0 radical (unpaired) electrons. The molecule has 2 heterocycles. The fraction of sp³-hybridized carbons (Fsp3) is 0.269. The highest BCUT2D eigenvalue weighted by Gasteiger charge is 2.15. The second-order valence-electron chi connectivity index (χ2n) is 8.25. The molecule has 2 aromatic heterocycles. The van der Waals surface area contributed by atoms with Gasteiger partial charge >= 0.3 is 6.03 Å². The number of hydrogen-bond donors (Lipinski definition) is 1. The minimum absolute atomic E-state index is 0.197. The molecule has 0 saturated heterocycles. The van der Waals surface area contributed by atoms with E-state index in [1.54, 1.807) is 32.6 Å². The van der Waals surface area contributed by atoms with Gasteiger partial charge < -0.3 is 19.9 Å². The summed E-state index contributed by atoms with van der Waals surface area (Å²) in [5, 5.41) is 4.30. The zero-order valence-electron chi connectivity index (χ0n) is 20.2. The van der Waals surface area contributed by atoms with E-state index in [9.17, 15) is 4.79 Å². The molecule has 1 aromatic carbocycles. The van der Waals surface area contributed by atoms with E-state index in [1.165, 1.54) is 4.90 Å². The molecule has 0 fully saturated rings. The highest BCUT2D eigenvalue weighted by molar-refractivity contribution is 6.31. The minimum Gasteiger partial charge on any atom is -0.487 e. The molecule has 2 amide bonds. The number of aryl methyl sites for hydroxylation is 1. The fourth-order valence-corrected chi connectivity index (χ4v) is 3.80. The Morgan fingerprint density at radius 2 is 1.97 bits per heavy atom. The Morgan fingerprint density at radius 1 is 1.21 bits per heavy atom. The number of carbonyl (C=O) groups excluding carboxylic acids is 1. The van der Waals surface area contributed by atoms with Crippen LogP contribution < -0.4 is 10.1 Å². The van der Waals surface area contributed by atoms with Crippen LogP contribution in [0.4, 0.5) is 4.79 Å². The quantitative estimate of drug-likeness (QED) is 0.459. The minimum atomic E-state index is -0.197. The summed E-state index contributed by atoms with van der Waals surface area (Å²) in [5.41, 5.74) is 5.27. The largest absolute Gasteiger partial charge is 0.487 e. The molecule has 0 spiro atoms. The Kier molecular flexibility index (Phi) is 8.12. The molecule has 0 atom stereocenters. The molecule has 34 heavy (non-hydrogen) atoms. The van der Waals surface area contributed by atoms with E-state index in [0.29, 0.717) is 17.3 Å². The number of benzene rings is 1. The summed E-state index contributed by atoms with van der Waals surface area (Å²) in [6.45, 7) is 6.32. The Bertz CT molecular complexity index is 1240. The lowest BCUT2D eigenvalue weighted by molar-refractivity contribution is 0.217. The highest BCUT2D eigenvalue weighted by atomic mass is 35.5. The average molecular weight is 480 g/mol. The second kappa shape index (κ2) is 11.0. The molecular formula is C26H30ClN5O2. The maximum atomic E-state index is 12.0. The van der Waals surface area contributed by atoms with E-state index >= 15 is 0 Å². The Labute approximate surface area is 205 Å². The number of amides is 2. The molecule has 8 heteroatoms. The Hall–Kier alpha value is -3.58. The van der Waals surface area contributed by atoms with Crippen LogP contribution in [0.15, 0.2) is 55.4 Å². The summed E-state index contributed by atoms with van der Waals surface area (Å²) in [7, 11) is 7.37. The van der Waals surface area contributed by atoms with Crippen molar-refractivity contribution in [3.63, 3.8) is 0 Å². The summed E-state index contributed by atoms with van der Waals surface area (Å²) in [5.74, 6) is 0.648. The van der Waals surface area contributed by atoms with Crippen molar-refractivity contribution in [2.24, 2.45) is 0 Å². The molecule has 0 bridgehead atoms. The number of allylic oxidation sites excluding steroid dienone is 2. The van der Waals surface area contributed by atoms with E-state index in [-0.39, 0.29) is 12.6 Å². The van der Waals surface area contributed by atoms with Gasteiger partial charge in [0, 0.05) is 75.0 Å². The number of para-hydroxylation sites is 1. The third-order valence-electron chi connectivity index (χ3n) is 5.27. The van der Waals surface area contributed by atoms with Crippen LogP contribution in [0.3, 0.4) is 0 Å². The van der Waals surface area contributed by atoms with Crippen molar-refractivity contribution in [3.8, 4) is 5.75 Å². The average Bonchev–Trinajstić information content (AvgIpc) is 2.79. The van der Waals surface area contributed by atoms with Crippen LogP contribution >= 0.6 is 11.6 Å². The van der Waals surface area contributed by atoms with Crippen molar-refractivity contribution in [1.29, 1.82) is 0 Å². The number of hydrogen-bond acceptors (Lipinski definition) is 5. The summed E-state index contributed by atoms with van der Waals surface area (Å²) >= 11 is 6.45. The van der Waals surface area contributed by atoms with Crippen LogP contribution in [0.1, 0.15) is 22.4 Å². The first-order valence-corrected chi connectivity index (χ1v) is 11.2. The van der Waals surface area contributed by atoms with E-state index in [0.717, 1.165) is 39.0 Å². The highest BCUT2D eigenvalue weighted by Crippen LogP contribution is 2.32. The number of pyridine rings is 2. The molecule has 7 nitrogen and oxygen atoms in total. The third-order valence-corrected chi connectivity index (χ3v) is 5.59. The number of halogens is 1. The van der Waals surface area contributed by atoms with Gasteiger partial charge in [0.15, 0.2) is 0 Å². The maximum absolute atomic E-state index is 12.0. The van der Waals surface area contributed by atoms with Gasteiger partial charge in [-0.05, 0) is 30.7 Å². The molecule has 0 aliphatic carbocycles. The lowest BCUT2D eigenvalue weighted by Gasteiger charge is -2.20. The second-order valence-corrected chi connectivity index (χ2v) is 8.65. The lowest BCUT2D eigenvalue weighted by Crippen LogP contribution is -2.34. The van der Waals surface area contributed by atoms with Crippen molar-refractivity contribution in [3.05, 3.63) is 82.8 Å². The van der Waals surface area contributed by atoms with E-state index < -0.39 is 0 Å². The van der Waals surface area contributed by atoms with Gasteiger partial charge in [0.1, 0.15) is 17.9 Å². The first-order chi connectivity index (χ1) is 16.2. The fourth-order valence-electron chi connectivity index (χ4n) is 3.56. The van der Waals surface area contributed by atoms with Gasteiger partial charge in [0.05, 0.1) is 5.02 Å². The molecular weight excluding hydrogens is 450 g/mol. The predicted octanol–water partition coefficient (Wildman–Crippen LogP) is 5.03. The smallest absolute Gasteiger partial charge is 0.317 e. The summed E-state index contributed by atoms with van der Waals surface area (Å²) < 4.78 is 6.24. The molecule has 0 unspecified atom stereocenters. The summed E-state index contributed by atoms with van der Waals surface area (Å²) in [6, 6.07) is 7.75. The van der Waals surface area contributed by atoms with Crippen LogP contribution in [0.5, 0.6) is 5.75 Å². The number of urea groups is 1. The van der Waals surface area contributed by atoms with E-state index in [1.807, 2.05) is 45.3 Å². The number of ether oxygens (including phenoxy) is 1. The third kappa shape index (κ3) is 5.66. The number of carbonyl (C=O) groups is 1. The van der Waals surface area contributed by atoms with Crippen molar-refractivity contribution < 1.29 is 9.53 Å². The molecule has 178 valence electrons. The molecule has 0 aliphatic heterocycles. The van der Waals surface area contributed by atoms with Gasteiger partial charge in [-0.25, -0.2) is 9.78 Å². The molecule has 1 N–H and O–H groups in total. The lowest BCUT2D eigenvalue weighted by atomic mass is 10.0. The van der Waals surface area contributed by atoms with Crippen LogP contribution in [-0.2, 0) is 13.2 Å². The Balaban J connectivity index is 1.96. The van der Waals surface area contributed by atoms with Crippen LogP contribution in [0, 0.1) is 6.92 Å². The summed E-state index contributed by atoms with van der Waals surface area (Å²) in [6.07, 6.45) is 7.02. The normalized spacial score (nSPS) is 11.3. The number of nitrogens with zero attached hydrogens (tertiary/aromatic N) is 4. The molecule has 0 saturated carbocycles. The maximum Gasteiger partial charge on any atom is 0.317 e. The Morgan fingerprint density at radius 3 is 2.65 bits per heavy atom. The number of fused-ring (bicyclic) bond motifs is 1. The van der Waals surface area contributed by atoms with Gasteiger partial charge in [0.25, 0.3) is 0 Å². The van der Waals surface area contributed by atoms with E-state index in [2.05, 4.69) is 27.8 Å². The first-order valence-electron chi connectivity index (χ1n) is 10.8. The van der Waals surface area contributed by atoms with Crippen LogP contribution in [0.2, 0.25) is 5.02 Å². The zero-order valence-corrected chi connectivity index (χ0v) is 21.0. The number of rotatable bonds is 8.